The first kappa shape index (κ1) is 12.1. The van der Waals surface area contributed by atoms with E-state index < -0.39 is 0 Å². The minimum absolute atomic E-state index is 0.690. The number of aromatic nitrogens is 2. The van der Waals surface area contributed by atoms with Gasteiger partial charge in [0.25, 0.3) is 0 Å². The predicted molar refractivity (Wildman–Crippen MR) is 71.0 cm³/mol. The van der Waals surface area contributed by atoms with Gasteiger partial charge in [0, 0.05) is 7.05 Å². The van der Waals surface area contributed by atoms with Crippen LogP contribution in [0.1, 0.15) is 19.0 Å². The van der Waals surface area contributed by atoms with E-state index in [1.54, 1.807) is 12.5 Å². The Bertz CT molecular complexity index is 497. The Hall–Kier alpha value is -1.36. The molecule has 1 N–H and O–H groups in total. The topological polar surface area (TPSA) is 51.0 Å². The first-order valence-corrected chi connectivity index (χ1v) is 6.32. The predicted octanol–water partition coefficient (Wildman–Crippen LogP) is 3.49. The van der Waals surface area contributed by atoms with Gasteiger partial charge in [0.1, 0.15) is 12.1 Å². The summed E-state index contributed by atoms with van der Waals surface area (Å²) in [6.45, 7) is 2.13. The highest BCUT2D eigenvalue weighted by Crippen LogP contribution is 2.27. The number of nitrogens with one attached hydrogen (secondary N) is 1. The van der Waals surface area contributed by atoms with Gasteiger partial charge in [-0.2, -0.15) is 0 Å². The van der Waals surface area contributed by atoms with Crippen LogP contribution >= 0.6 is 15.9 Å². The van der Waals surface area contributed by atoms with Crippen molar-refractivity contribution in [2.45, 2.75) is 19.8 Å². The fourth-order valence-corrected chi connectivity index (χ4v) is 2.16. The van der Waals surface area contributed by atoms with Crippen molar-refractivity contribution in [3.63, 3.8) is 0 Å². The summed E-state index contributed by atoms with van der Waals surface area (Å²) in [4.78, 5) is 9.00. The molecule has 2 rings (SSSR count). The average Bonchev–Trinajstić information content (AvgIpc) is 2.85. The van der Waals surface area contributed by atoms with Gasteiger partial charge in [0.05, 0.1) is 22.0 Å². The van der Waals surface area contributed by atoms with Crippen LogP contribution in [0.2, 0.25) is 0 Å². The maximum Gasteiger partial charge on any atom is 0.165 e. The minimum atomic E-state index is 0.690. The molecular formula is C12H14BrN3O. The molecule has 4 nitrogen and oxygen atoms in total. The quantitative estimate of drug-likeness (QED) is 0.938. The second kappa shape index (κ2) is 5.31. The fraction of sp³-hybridized carbons (Fsp3) is 0.333. The molecule has 0 radical (unpaired) electrons. The lowest BCUT2D eigenvalue weighted by atomic mass is 10.2. The lowest BCUT2D eigenvalue weighted by Gasteiger charge is -2.09. The minimum Gasteiger partial charge on any atom is -0.472 e. The molecule has 0 atom stereocenters. The van der Waals surface area contributed by atoms with E-state index in [4.69, 9.17) is 4.42 Å². The van der Waals surface area contributed by atoms with Crippen LogP contribution < -0.4 is 5.32 Å². The number of hydrogen-bond donors (Lipinski definition) is 1. The smallest absolute Gasteiger partial charge is 0.165 e. The van der Waals surface area contributed by atoms with Crippen LogP contribution in [0.25, 0.3) is 11.4 Å². The number of anilines is 1. The summed E-state index contributed by atoms with van der Waals surface area (Å²) in [7, 11) is 1.85. The lowest BCUT2D eigenvalue weighted by Crippen LogP contribution is -2.03. The van der Waals surface area contributed by atoms with E-state index >= 15 is 0 Å². The van der Waals surface area contributed by atoms with Crippen LogP contribution in [0.5, 0.6) is 0 Å². The zero-order valence-corrected chi connectivity index (χ0v) is 11.4. The summed E-state index contributed by atoms with van der Waals surface area (Å²) < 4.78 is 6.00. The molecule has 0 aliphatic carbocycles. The fourth-order valence-electron chi connectivity index (χ4n) is 1.58. The largest absolute Gasteiger partial charge is 0.472 e. The molecule has 90 valence electrons. The van der Waals surface area contributed by atoms with Gasteiger partial charge >= 0.3 is 0 Å². The number of furan rings is 1. The van der Waals surface area contributed by atoms with Crippen LogP contribution in [0.15, 0.2) is 27.5 Å². The standard InChI is InChI=1S/C12H14BrN3O/c1-3-4-9-10(13)12(14-2)16-11(15-9)8-5-6-17-7-8/h5-7H,3-4H2,1-2H3,(H,14,15,16). The van der Waals surface area contributed by atoms with Crippen LogP contribution in [0.4, 0.5) is 5.82 Å². The molecule has 5 heteroatoms. The number of halogens is 1. The van der Waals surface area contributed by atoms with Crippen molar-refractivity contribution in [1.82, 2.24) is 9.97 Å². The Labute approximate surface area is 109 Å². The molecule has 0 amide bonds. The van der Waals surface area contributed by atoms with E-state index in [0.29, 0.717) is 5.82 Å². The molecule has 2 aromatic rings. The number of nitrogens with zero attached hydrogens (tertiary/aromatic N) is 2. The van der Waals surface area contributed by atoms with Crippen molar-refractivity contribution in [1.29, 1.82) is 0 Å². The summed E-state index contributed by atoms with van der Waals surface area (Å²) in [5, 5.41) is 3.07. The first-order valence-electron chi connectivity index (χ1n) is 5.53. The SMILES string of the molecule is CCCc1nc(-c2ccoc2)nc(NC)c1Br. The zero-order chi connectivity index (χ0) is 12.3. The van der Waals surface area contributed by atoms with Crippen LogP contribution in [-0.2, 0) is 6.42 Å². The molecule has 0 unspecified atom stereocenters. The monoisotopic (exact) mass is 295 g/mol. The third-order valence-corrected chi connectivity index (χ3v) is 3.26. The highest BCUT2D eigenvalue weighted by atomic mass is 79.9. The van der Waals surface area contributed by atoms with E-state index in [0.717, 1.165) is 34.4 Å². The van der Waals surface area contributed by atoms with Gasteiger partial charge in [0.2, 0.25) is 0 Å². The van der Waals surface area contributed by atoms with Gasteiger partial charge in [-0.1, -0.05) is 13.3 Å². The molecule has 2 heterocycles. The zero-order valence-electron chi connectivity index (χ0n) is 9.83. The molecule has 0 aromatic carbocycles. The molecule has 0 saturated heterocycles. The lowest BCUT2D eigenvalue weighted by molar-refractivity contribution is 0.568. The Kier molecular flexibility index (Phi) is 3.78. The second-order valence-electron chi connectivity index (χ2n) is 3.67. The van der Waals surface area contributed by atoms with Crippen molar-refractivity contribution in [3.05, 3.63) is 28.8 Å². The van der Waals surface area contributed by atoms with Gasteiger partial charge in [-0.25, -0.2) is 9.97 Å². The van der Waals surface area contributed by atoms with E-state index in [-0.39, 0.29) is 0 Å². The van der Waals surface area contributed by atoms with Crippen LogP contribution in [-0.4, -0.2) is 17.0 Å². The third-order valence-electron chi connectivity index (χ3n) is 2.42. The van der Waals surface area contributed by atoms with Gasteiger partial charge in [0.15, 0.2) is 5.82 Å². The normalized spacial score (nSPS) is 10.5. The van der Waals surface area contributed by atoms with Crippen molar-refractivity contribution in [2.24, 2.45) is 0 Å². The van der Waals surface area contributed by atoms with E-state index in [9.17, 15) is 0 Å². The Balaban J connectivity index is 2.50. The van der Waals surface area contributed by atoms with Gasteiger partial charge in [-0.05, 0) is 28.4 Å². The Morgan fingerprint density at radius 1 is 1.41 bits per heavy atom. The molecule has 0 bridgehead atoms. The molecule has 0 aliphatic heterocycles. The molecule has 0 fully saturated rings. The number of hydrogen-bond acceptors (Lipinski definition) is 4. The summed E-state index contributed by atoms with van der Waals surface area (Å²) >= 11 is 3.53. The molecule has 0 aliphatic rings. The van der Waals surface area contributed by atoms with Gasteiger partial charge < -0.3 is 9.73 Å². The highest BCUT2D eigenvalue weighted by molar-refractivity contribution is 9.10. The highest BCUT2D eigenvalue weighted by Gasteiger charge is 2.12. The summed E-state index contributed by atoms with van der Waals surface area (Å²) in [6, 6.07) is 1.86. The number of aryl methyl sites for hydroxylation is 1. The Morgan fingerprint density at radius 2 is 2.24 bits per heavy atom. The maximum atomic E-state index is 5.06. The van der Waals surface area contributed by atoms with Gasteiger partial charge in [-0.15, -0.1) is 0 Å². The third kappa shape index (κ3) is 2.49. The molecule has 2 aromatic heterocycles. The number of rotatable bonds is 4. The maximum absolute atomic E-state index is 5.06. The van der Waals surface area contributed by atoms with E-state index in [1.807, 2.05) is 13.1 Å². The van der Waals surface area contributed by atoms with Crippen molar-refractivity contribution >= 4 is 21.7 Å². The van der Waals surface area contributed by atoms with E-state index in [2.05, 4.69) is 38.1 Å². The summed E-state index contributed by atoms with van der Waals surface area (Å²) in [5.41, 5.74) is 1.91. The molecule has 17 heavy (non-hydrogen) atoms. The molecule has 0 saturated carbocycles. The van der Waals surface area contributed by atoms with Crippen LogP contribution in [0.3, 0.4) is 0 Å². The second-order valence-corrected chi connectivity index (χ2v) is 4.46. The van der Waals surface area contributed by atoms with Crippen molar-refractivity contribution in [3.8, 4) is 11.4 Å². The summed E-state index contributed by atoms with van der Waals surface area (Å²) in [5.74, 6) is 1.49. The van der Waals surface area contributed by atoms with Crippen molar-refractivity contribution < 1.29 is 4.42 Å². The Morgan fingerprint density at radius 3 is 2.82 bits per heavy atom. The summed E-state index contributed by atoms with van der Waals surface area (Å²) in [6.07, 6.45) is 5.24. The van der Waals surface area contributed by atoms with Gasteiger partial charge in [-0.3, -0.25) is 0 Å². The molecular weight excluding hydrogens is 282 g/mol. The van der Waals surface area contributed by atoms with E-state index in [1.165, 1.54) is 0 Å². The molecule has 0 spiro atoms. The van der Waals surface area contributed by atoms with Crippen LogP contribution in [0, 0.1) is 0 Å². The average molecular weight is 296 g/mol. The van der Waals surface area contributed by atoms with Crippen molar-refractivity contribution in [2.75, 3.05) is 12.4 Å². The first-order chi connectivity index (χ1) is 8.26.